The monoisotopic (exact) mass is 329 g/mol. The Balaban J connectivity index is 1.80. The Morgan fingerprint density at radius 2 is 2.26 bits per heavy atom. The highest BCUT2D eigenvalue weighted by atomic mass is 32.2. The van der Waals surface area contributed by atoms with E-state index in [4.69, 9.17) is 0 Å². The van der Waals surface area contributed by atoms with E-state index in [1.165, 1.54) is 11.3 Å². The van der Waals surface area contributed by atoms with E-state index >= 15 is 0 Å². The van der Waals surface area contributed by atoms with Crippen LogP contribution in [0, 0.1) is 0 Å². The average molecular weight is 329 g/mol. The molecule has 0 aliphatic carbocycles. The van der Waals surface area contributed by atoms with Gasteiger partial charge in [-0.1, -0.05) is 0 Å². The zero-order chi connectivity index (χ0) is 13.9. The number of alkyl halides is 3. The van der Waals surface area contributed by atoms with Crippen LogP contribution < -0.4 is 0 Å². The third-order valence-corrected chi connectivity index (χ3v) is 5.46. The molecule has 1 aromatic heterocycles. The molecule has 0 amide bonds. The van der Waals surface area contributed by atoms with Gasteiger partial charge in [0.25, 0.3) is 9.92 Å². The number of nitrogens with zero attached hydrogens (tertiary/aromatic N) is 3. The van der Waals surface area contributed by atoms with Gasteiger partial charge in [-0.05, 0) is 12.2 Å². The molecule has 4 nitrogen and oxygen atoms in total. The minimum absolute atomic E-state index is 0.185. The standard InChI is InChI=1S/C9H10F3N3OS3/c10-9(11,12)19(16)14-3-7(15-19)1-2-17-4-8-5-18-6-13-8/h5-6H,1-4H2. The smallest absolute Gasteiger partial charge is 0.249 e. The van der Waals surface area contributed by atoms with Crippen LogP contribution >= 0.6 is 23.1 Å². The number of hydrogen-bond donors (Lipinski definition) is 0. The first-order valence-electron chi connectivity index (χ1n) is 5.22. The summed E-state index contributed by atoms with van der Waals surface area (Å²) in [6, 6.07) is 0. The van der Waals surface area contributed by atoms with E-state index in [9.17, 15) is 17.4 Å². The highest BCUT2D eigenvalue weighted by Gasteiger charge is 2.45. The fourth-order valence-corrected chi connectivity index (χ4v) is 4.01. The quantitative estimate of drug-likeness (QED) is 0.780. The number of aromatic nitrogens is 1. The van der Waals surface area contributed by atoms with Gasteiger partial charge in [0, 0.05) is 11.1 Å². The van der Waals surface area contributed by atoms with Gasteiger partial charge in [0.2, 0.25) is 0 Å². The molecular weight excluding hydrogens is 319 g/mol. The van der Waals surface area contributed by atoms with E-state index < -0.39 is 15.4 Å². The molecule has 106 valence electrons. The maximum Gasteiger partial charge on any atom is 0.499 e. The molecule has 0 saturated heterocycles. The van der Waals surface area contributed by atoms with Crippen molar-refractivity contribution in [1.82, 2.24) is 4.98 Å². The topological polar surface area (TPSA) is 54.7 Å². The van der Waals surface area contributed by atoms with Gasteiger partial charge in [0.05, 0.1) is 23.5 Å². The van der Waals surface area contributed by atoms with E-state index in [1.54, 1.807) is 17.3 Å². The Morgan fingerprint density at radius 3 is 2.84 bits per heavy atom. The predicted octanol–water partition coefficient (Wildman–Crippen LogP) is 3.12. The third-order valence-electron chi connectivity index (χ3n) is 2.24. The van der Waals surface area contributed by atoms with Crippen molar-refractivity contribution in [1.29, 1.82) is 0 Å². The first kappa shape index (κ1) is 14.8. The molecule has 1 unspecified atom stereocenters. The Kier molecular flexibility index (Phi) is 4.51. The van der Waals surface area contributed by atoms with Crippen LogP contribution in [0.4, 0.5) is 13.2 Å². The zero-order valence-electron chi connectivity index (χ0n) is 9.59. The molecule has 0 saturated carbocycles. The van der Waals surface area contributed by atoms with Crippen molar-refractivity contribution in [2.45, 2.75) is 17.7 Å². The maximum atomic E-state index is 12.4. The van der Waals surface area contributed by atoms with Crippen molar-refractivity contribution < 1.29 is 17.4 Å². The van der Waals surface area contributed by atoms with Gasteiger partial charge in [-0.25, -0.2) is 13.6 Å². The summed E-state index contributed by atoms with van der Waals surface area (Å²) in [7, 11) is -4.41. The van der Waals surface area contributed by atoms with Crippen LogP contribution in [0.5, 0.6) is 0 Å². The highest BCUT2D eigenvalue weighted by molar-refractivity contribution is 7.98. The molecule has 1 atom stereocenters. The van der Waals surface area contributed by atoms with Crippen LogP contribution in [0.15, 0.2) is 19.7 Å². The molecule has 0 bridgehead atoms. The fraction of sp³-hybridized carbons (Fsp3) is 0.556. The maximum absolute atomic E-state index is 12.4. The van der Waals surface area contributed by atoms with E-state index in [0.29, 0.717) is 17.9 Å². The molecular formula is C9H10F3N3OS3. The van der Waals surface area contributed by atoms with E-state index in [1.807, 2.05) is 5.38 Å². The second-order valence-electron chi connectivity index (χ2n) is 3.67. The normalized spacial score (nSPS) is 23.2. The van der Waals surface area contributed by atoms with Crippen molar-refractivity contribution in [3.63, 3.8) is 0 Å². The second kappa shape index (κ2) is 5.80. The van der Waals surface area contributed by atoms with Crippen LogP contribution in [-0.4, -0.2) is 32.7 Å². The predicted molar refractivity (Wildman–Crippen MR) is 71.8 cm³/mol. The number of thiazole rings is 1. The molecule has 19 heavy (non-hydrogen) atoms. The number of halogens is 3. The molecule has 1 aliphatic heterocycles. The molecule has 1 aliphatic rings. The summed E-state index contributed by atoms with van der Waals surface area (Å²) in [5.41, 5.74) is -1.93. The third kappa shape index (κ3) is 3.69. The summed E-state index contributed by atoms with van der Waals surface area (Å²) in [5, 5.41) is 1.92. The molecule has 0 spiro atoms. The lowest BCUT2D eigenvalue weighted by Crippen LogP contribution is -2.19. The van der Waals surface area contributed by atoms with Crippen molar-refractivity contribution >= 4 is 38.7 Å². The number of hydrogen-bond acceptors (Lipinski definition) is 5. The first-order valence-corrected chi connectivity index (χ1v) is 8.79. The lowest BCUT2D eigenvalue weighted by atomic mass is 10.3. The largest absolute Gasteiger partial charge is 0.499 e. The van der Waals surface area contributed by atoms with Crippen molar-refractivity contribution in [3.05, 3.63) is 16.6 Å². The van der Waals surface area contributed by atoms with Gasteiger partial charge in [-0.2, -0.15) is 29.3 Å². The molecule has 2 rings (SSSR count). The van der Waals surface area contributed by atoms with Crippen LogP contribution in [0.1, 0.15) is 12.1 Å². The summed E-state index contributed by atoms with van der Waals surface area (Å²) in [6.45, 7) is -0.185. The summed E-state index contributed by atoms with van der Waals surface area (Å²) in [6.07, 6.45) is 0.366. The summed E-state index contributed by atoms with van der Waals surface area (Å²) >= 11 is 3.05. The summed E-state index contributed by atoms with van der Waals surface area (Å²) in [4.78, 5) is 4.10. The average Bonchev–Trinajstić information content (AvgIpc) is 2.94. The lowest BCUT2D eigenvalue weighted by Gasteiger charge is -2.04. The Morgan fingerprint density at radius 1 is 1.47 bits per heavy atom. The highest BCUT2D eigenvalue weighted by Crippen LogP contribution is 2.30. The number of rotatable bonds is 5. The Hall–Kier alpha value is -0.610. The summed E-state index contributed by atoms with van der Waals surface area (Å²) < 4.78 is 54.9. The zero-order valence-corrected chi connectivity index (χ0v) is 12.0. The SMILES string of the molecule is O=S1(C(F)(F)F)=NCC(CCSCc2cscn2)=N1. The van der Waals surface area contributed by atoms with Crippen LogP contribution in [0.3, 0.4) is 0 Å². The van der Waals surface area contributed by atoms with Gasteiger partial charge >= 0.3 is 5.51 Å². The molecule has 1 aromatic rings. The van der Waals surface area contributed by atoms with E-state index in [2.05, 4.69) is 13.7 Å². The Bertz CT molecular complexity index is 573. The van der Waals surface area contributed by atoms with Crippen molar-refractivity contribution in [3.8, 4) is 0 Å². The van der Waals surface area contributed by atoms with Gasteiger partial charge in [0.15, 0.2) is 0 Å². The molecule has 2 heterocycles. The van der Waals surface area contributed by atoms with E-state index in [-0.39, 0.29) is 12.3 Å². The molecule has 0 aromatic carbocycles. The van der Waals surface area contributed by atoms with Crippen molar-refractivity contribution in [2.75, 3.05) is 12.3 Å². The van der Waals surface area contributed by atoms with Crippen molar-refractivity contribution in [2.24, 2.45) is 8.76 Å². The van der Waals surface area contributed by atoms with Crippen LogP contribution in [0.25, 0.3) is 0 Å². The minimum atomic E-state index is -4.87. The van der Waals surface area contributed by atoms with Gasteiger partial charge in [0.1, 0.15) is 0 Å². The minimum Gasteiger partial charge on any atom is -0.249 e. The first-order chi connectivity index (χ1) is 8.91. The fourth-order valence-electron chi connectivity index (χ4n) is 1.32. The second-order valence-corrected chi connectivity index (χ2v) is 7.39. The molecule has 0 N–H and O–H groups in total. The molecule has 0 fully saturated rings. The van der Waals surface area contributed by atoms with Gasteiger partial charge in [-0.15, -0.1) is 11.3 Å². The van der Waals surface area contributed by atoms with Gasteiger partial charge in [-0.3, -0.25) is 0 Å². The number of thioether (sulfide) groups is 1. The van der Waals surface area contributed by atoms with Crippen LogP contribution in [-0.2, 0) is 15.7 Å². The van der Waals surface area contributed by atoms with E-state index in [0.717, 1.165) is 5.69 Å². The Labute approximate surface area is 116 Å². The van der Waals surface area contributed by atoms with Crippen LogP contribution in [0.2, 0.25) is 0 Å². The van der Waals surface area contributed by atoms with Gasteiger partial charge < -0.3 is 0 Å². The molecule has 0 radical (unpaired) electrons. The molecule has 10 heteroatoms. The lowest BCUT2D eigenvalue weighted by molar-refractivity contribution is -0.0401. The summed E-state index contributed by atoms with van der Waals surface area (Å²) in [5.74, 6) is 1.32.